The van der Waals surface area contributed by atoms with Crippen molar-refractivity contribution in [2.75, 3.05) is 65.9 Å². The topological polar surface area (TPSA) is 247 Å². The van der Waals surface area contributed by atoms with Crippen molar-refractivity contribution >= 4 is 64.9 Å². The maximum absolute atomic E-state index is 14.6. The minimum atomic E-state index is -1.57. The molecule has 0 bridgehead atoms. The van der Waals surface area contributed by atoms with Gasteiger partial charge in [0.15, 0.2) is 0 Å². The molecule has 9 amide bonds. The Balaban J connectivity index is 2.16. The number of hydrogen-bond donors (Lipinski definition) is 5. The molecule has 20 nitrogen and oxygen atoms in total. The van der Waals surface area contributed by atoms with Gasteiger partial charge >= 0.3 is 0 Å². The summed E-state index contributed by atoms with van der Waals surface area (Å²) in [4.78, 5) is 134. The van der Waals surface area contributed by atoms with Gasteiger partial charge in [-0.2, -0.15) is 0 Å². The van der Waals surface area contributed by atoms with E-state index in [1.54, 1.807) is 56.0 Å². The Labute approximate surface area is 430 Å². The largest absolute Gasteiger partial charge is 0.391 e. The number of nitrogens with one attached hydrogen (secondary N) is 4. The number of piperidine rings is 1. The molecule has 0 saturated carbocycles. The van der Waals surface area contributed by atoms with Crippen LogP contribution in [0, 0.1) is 11.8 Å². The van der Waals surface area contributed by atoms with Crippen molar-refractivity contribution in [3.05, 3.63) is 35.9 Å². The molecule has 5 N–H and O–H groups in total. The fraction of sp³-hybridized carbons (Fsp3) is 0.706. The molecular weight excluding hydrogens is 947 g/mol. The number of nitrogens with zero attached hydrogens (tertiary/aromatic N) is 5. The number of aliphatic hydroxyl groups is 1. The first-order valence-corrected chi connectivity index (χ1v) is 26.3. The van der Waals surface area contributed by atoms with E-state index in [-0.39, 0.29) is 55.1 Å². The summed E-state index contributed by atoms with van der Waals surface area (Å²) in [5, 5.41) is 22.0. The Bertz CT molecular complexity index is 2030. The minimum Gasteiger partial charge on any atom is -0.391 e. The number of ether oxygens (including phenoxy) is 1. The van der Waals surface area contributed by atoms with E-state index in [1.165, 1.54) is 56.7 Å². The zero-order valence-corrected chi connectivity index (χ0v) is 45.6. The van der Waals surface area contributed by atoms with Gasteiger partial charge in [0.2, 0.25) is 53.2 Å². The fourth-order valence-corrected chi connectivity index (χ4v) is 9.24. The first kappa shape index (κ1) is 61.0. The van der Waals surface area contributed by atoms with E-state index in [4.69, 9.17) is 4.74 Å². The van der Waals surface area contributed by atoms with Crippen molar-refractivity contribution < 1.29 is 53.0 Å². The zero-order chi connectivity index (χ0) is 54.2. The van der Waals surface area contributed by atoms with Crippen LogP contribution in [0.5, 0.6) is 0 Å². The predicted octanol–water partition coefficient (Wildman–Crippen LogP) is 1.18. The summed E-state index contributed by atoms with van der Waals surface area (Å²) in [7, 11) is 5.59. The molecule has 2 heterocycles. The number of carbonyl (C=O) groups excluding carboxylic acids is 9. The third-order valence-corrected chi connectivity index (χ3v) is 13.8. The molecule has 0 spiro atoms. The number of hydrogen-bond acceptors (Lipinski definition) is 12. The maximum Gasteiger partial charge on any atom is 0.248 e. The van der Waals surface area contributed by atoms with Crippen molar-refractivity contribution in [1.29, 1.82) is 0 Å². The van der Waals surface area contributed by atoms with E-state index >= 15 is 0 Å². The Hall–Kier alpha value is -5.28. The quantitative estimate of drug-likeness (QED) is 0.222. The van der Waals surface area contributed by atoms with Gasteiger partial charge in [-0.3, -0.25) is 43.2 Å². The molecule has 21 heteroatoms. The number of thioether (sulfide) groups is 1. The van der Waals surface area contributed by atoms with Crippen LogP contribution in [-0.4, -0.2) is 203 Å². The van der Waals surface area contributed by atoms with Crippen LogP contribution in [0.3, 0.4) is 0 Å². The van der Waals surface area contributed by atoms with E-state index in [0.717, 1.165) is 35.9 Å². The lowest BCUT2D eigenvalue weighted by Crippen LogP contribution is -2.61. The molecule has 8 atom stereocenters. The van der Waals surface area contributed by atoms with Gasteiger partial charge < -0.3 is 55.6 Å². The van der Waals surface area contributed by atoms with Gasteiger partial charge in [-0.25, -0.2) is 0 Å². The summed E-state index contributed by atoms with van der Waals surface area (Å²) in [5.74, 6) is -6.33. The molecule has 2 fully saturated rings. The smallest absolute Gasteiger partial charge is 0.248 e. The normalized spacial score (nSPS) is 25.8. The lowest BCUT2D eigenvalue weighted by Gasteiger charge is -2.35. The highest BCUT2D eigenvalue weighted by molar-refractivity contribution is 8.00. The number of aliphatic hydroxyl groups excluding tert-OH is 1. The SMILES string of the molecule is CC(C)C[C@H]1C(=O)N[C@@H](COC(C)(C)C)C(=O)N[C@H](C(=O)N2CCCCC2)CSCC(=O)N(C)[C@@H](C)C(=O)N[C@@H](Cc2ccccc2)C(=O)N(C)[C@@H](CC(C)C)C(=O)N[C@@H]([C@@H](C)O)C(=O)N(C)CC(=O)N1C. The van der Waals surface area contributed by atoms with E-state index in [9.17, 15) is 48.3 Å². The van der Waals surface area contributed by atoms with Crippen LogP contribution < -0.4 is 21.3 Å². The third kappa shape index (κ3) is 18.6. The van der Waals surface area contributed by atoms with Crippen LogP contribution in [0.15, 0.2) is 30.3 Å². The number of amides is 9. The van der Waals surface area contributed by atoms with Gasteiger partial charge in [0, 0.05) is 53.5 Å². The van der Waals surface area contributed by atoms with Crippen molar-refractivity contribution in [2.45, 2.75) is 155 Å². The summed E-state index contributed by atoms with van der Waals surface area (Å²) >= 11 is 1.08. The van der Waals surface area contributed by atoms with Crippen LogP contribution in [0.2, 0.25) is 0 Å². The molecule has 1 aromatic carbocycles. The van der Waals surface area contributed by atoms with Crippen molar-refractivity contribution in [3.63, 3.8) is 0 Å². The molecule has 2 aliphatic rings. The summed E-state index contributed by atoms with van der Waals surface area (Å²) in [5.41, 5.74) is -0.0557. The molecule has 404 valence electrons. The number of carbonyl (C=O) groups is 9. The van der Waals surface area contributed by atoms with Crippen LogP contribution in [0.4, 0.5) is 0 Å². The molecule has 3 rings (SSSR count). The van der Waals surface area contributed by atoms with Gasteiger partial charge in [0.05, 0.1) is 30.6 Å². The van der Waals surface area contributed by atoms with E-state index in [0.29, 0.717) is 18.7 Å². The molecule has 0 radical (unpaired) electrons. The summed E-state index contributed by atoms with van der Waals surface area (Å²) < 4.78 is 6.02. The van der Waals surface area contributed by atoms with Gasteiger partial charge in [0.1, 0.15) is 42.3 Å². The molecule has 72 heavy (non-hydrogen) atoms. The molecule has 0 unspecified atom stereocenters. The Morgan fingerprint density at radius 2 is 1.26 bits per heavy atom. The van der Waals surface area contributed by atoms with Gasteiger partial charge in [0.25, 0.3) is 0 Å². The highest BCUT2D eigenvalue weighted by Crippen LogP contribution is 2.19. The molecule has 1 aromatic rings. The van der Waals surface area contributed by atoms with Gasteiger partial charge in [-0.1, -0.05) is 58.0 Å². The summed E-state index contributed by atoms with van der Waals surface area (Å²) in [6.45, 7) is 15.6. The number of rotatable bonds is 10. The fourth-order valence-electron chi connectivity index (χ4n) is 8.28. The lowest BCUT2D eigenvalue weighted by atomic mass is 9.98. The Morgan fingerprint density at radius 1 is 0.708 bits per heavy atom. The number of likely N-dealkylation sites (N-methyl/N-ethyl adjacent to an activating group) is 4. The predicted molar refractivity (Wildman–Crippen MR) is 275 cm³/mol. The minimum absolute atomic E-state index is 0.0224. The second-order valence-electron chi connectivity index (χ2n) is 21.0. The highest BCUT2D eigenvalue weighted by Gasteiger charge is 2.39. The Kier molecular flexibility index (Phi) is 23.9. The molecular formula is C51H83N9O11S. The van der Waals surface area contributed by atoms with E-state index < -0.39 is 108 Å². The second kappa shape index (κ2) is 28.2. The lowest BCUT2D eigenvalue weighted by molar-refractivity contribution is -0.147. The first-order chi connectivity index (χ1) is 33.6. The average Bonchev–Trinajstić information content (AvgIpc) is 3.32. The summed E-state index contributed by atoms with van der Waals surface area (Å²) in [6, 6.07) is 0.233. The standard InChI is InChI=1S/C51H83N9O11S/c1-31(2)24-39-46(66)53-37(28-71-51(7,8)9)45(65)54-38(49(69)60-22-18-15-19-23-60)29-72-30-42(63)57(11)33(5)44(64)52-36(26-35-20-16-14-17-21-35)48(68)59(13)40(25-32(3)4)47(67)55-43(34(6)61)50(70)56(10)27-41(62)58(39)12/h14,16-17,20-21,31-34,36-40,43,61H,15,18-19,22-30H2,1-13H3,(H,52,64)(H,53,66)(H,54,65)(H,55,67)/t33-,34+,36-,37-,38-,39-,40-,43-/m0/s1. The van der Waals surface area contributed by atoms with Crippen LogP contribution in [-0.2, 0) is 54.3 Å². The highest BCUT2D eigenvalue weighted by atomic mass is 32.2. The molecule has 0 aromatic heterocycles. The second-order valence-corrected chi connectivity index (χ2v) is 22.1. The average molecular weight is 1030 g/mol. The number of likely N-dealkylation sites (tertiary alicyclic amines) is 1. The van der Waals surface area contributed by atoms with E-state index in [2.05, 4.69) is 21.3 Å². The van der Waals surface area contributed by atoms with Crippen LogP contribution in [0.1, 0.15) is 100.0 Å². The van der Waals surface area contributed by atoms with Crippen molar-refractivity contribution in [1.82, 2.24) is 45.8 Å². The number of benzene rings is 1. The molecule has 2 aliphatic heterocycles. The third-order valence-electron chi connectivity index (χ3n) is 12.8. The maximum atomic E-state index is 14.6. The monoisotopic (exact) mass is 1030 g/mol. The van der Waals surface area contributed by atoms with Crippen molar-refractivity contribution in [2.24, 2.45) is 11.8 Å². The van der Waals surface area contributed by atoms with Crippen molar-refractivity contribution in [3.8, 4) is 0 Å². The van der Waals surface area contributed by atoms with E-state index in [1.807, 2.05) is 27.7 Å². The first-order valence-electron chi connectivity index (χ1n) is 25.1. The zero-order valence-electron chi connectivity index (χ0n) is 44.8. The van der Waals surface area contributed by atoms with Gasteiger partial charge in [-0.05, 0) is 84.1 Å². The van der Waals surface area contributed by atoms with Crippen LogP contribution in [0.25, 0.3) is 0 Å². The molecule has 0 aliphatic carbocycles. The van der Waals surface area contributed by atoms with Crippen LogP contribution >= 0.6 is 11.8 Å². The molecule has 2 saturated heterocycles. The Morgan fingerprint density at radius 3 is 1.82 bits per heavy atom. The van der Waals surface area contributed by atoms with Gasteiger partial charge in [-0.15, -0.1) is 11.8 Å². The summed E-state index contributed by atoms with van der Waals surface area (Å²) in [6.07, 6.45) is 1.32.